The van der Waals surface area contributed by atoms with E-state index in [1.807, 2.05) is 63.2 Å². The summed E-state index contributed by atoms with van der Waals surface area (Å²) in [4.78, 5) is 6.70. The zero-order chi connectivity index (χ0) is 15.6. The molecule has 0 bridgehead atoms. The molecule has 0 atom stereocenters. The summed E-state index contributed by atoms with van der Waals surface area (Å²) >= 11 is 5.11. The lowest BCUT2D eigenvalue weighted by atomic mass is 10.1. The van der Waals surface area contributed by atoms with Crippen LogP contribution in [0.25, 0.3) is 0 Å². The van der Waals surface area contributed by atoms with Crippen LogP contribution in [0.15, 0.2) is 30.3 Å². The molecular formula is C16H19N3OS. The van der Waals surface area contributed by atoms with E-state index in [0.717, 1.165) is 22.8 Å². The van der Waals surface area contributed by atoms with Gasteiger partial charge in [0.15, 0.2) is 0 Å². The van der Waals surface area contributed by atoms with Crippen molar-refractivity contribution in [1.82, 2.24) is 4.98 Å². The number of benzene rings is 1. The first-order chi connectivity index (χ1) is 9.88. The smallest absolute Gasteiger partial charge is 0.141 e. The Labute approximate surface area is 130 Å². The second kappa shape index (κ2) is 6.10. The minimum absolute atomic E-state index is 0.291. The second-order valence-electron chi connectivity index (χ2n) is 5.08. The molecule has 21 heavy (non-hydrogen) atoms. The van der Waals surface area contributed by atoms with Crippen LogP contribution in [-0.2, 0) is 0 Å². The zero-order valence-corrected chi connectivity index (χ0v) is 13.5. The third kappa shape index (κ3) is 3.49. The maximum Gasteiger partial charge on any atom is 0.141 e. The van der Waals surface area contributed by atoms with Gasteiger partial charge >= 0.3 is 0 Å². The predicted molar refractivity (Wildman–Crippen MR) is 90.4 cm³/mol. The van der Waals surface area contributed by atoms with E-state index in [4.69, 9.17) is 22.7 Å². The molecule has 110 valence electrons. The lowest BCUT2D eigenvalue weighted by Gasteiger charge is -2.16. The summed E-state index contributed by atoms with van der Waals surface area (Å²) in [7, 11) is 3.97. The van der Waals surface area contributed by atoms with E-state index < -0.39 is 0 Å². The van der Waals surface area contributed by atoms with Crippen LogP contribution >= 0.6 is 12.2 Å². The normalized spacial score (nSPS) is 10.3. The average Bonchev–Trinajstić information content (AvgIpc) is 2.37. The number of rotatable bonds is 4. The SMILES string of the molecule is Cc1cc(Oc2cccc(N(C)C)c2)c(C(N)=S)c(C)n1. The molecule has 0 aliphatic carbocycles. The quantitative estimate of drug-likeness (QED) is 0.879. The van der Waals surface area contributed by atoms with E-state index in [2.05, 4.69) is 4.98 Å². The maximum absolute atomic E-state index is 5.99. The van der Waals surface area contributed by atoms with Crippen molar-refractivity contribution in [1.29, 1.82) is 0 Å². The summed E-state index contributed by atoms with van der Waals surface area (Å²) in [5.74, 6) is 1.38. The standard InChI is InChI=1S/C16H19N3OS/c1-10-8-14(15(16(17)21)11(2)18-10)20-13-7-5-6-12(9-13)19(3)4/h5-9H,1-4H3,(H2,17,21). The third-order valence-corrected chi connectivity index (χ3v) is 3.30. The topological polar surface area (TPSA) is 51.4 Å². The molecule has 0 fully saturated rings. The van der Waals surface area contributed by atoms with Crippen molar-refractivity contribution in [3.63, 3.8) is 0 Å². The fourth-order valence-electron chi connectivity index (χ4n) is 2.13. The van der Waals surface area contributed by atoms with Crippen LogP contribution in [0.1, 0.15) is 17.0 Å². The fraction of sp³-hybridized carbons (Fsp3) is 0.250. The highest BCUT2D eigenvalue weighted by molar-refractivity contribution is 7.80. The van der Waals surface area contributed by atoms with Gasteiger partial charge in [-0.25, -0.2) is 0 Å². The molecule has 1 aromatic carbocycles. The molecule has 2 rings (SSSR count). The first kappa shape index (κ1) is 15.3. The summed E-state index contributed by atoms with van der Waals surface area (Å²) in [6.45, 7) is 3.80. The van der Waals surface area contributed by atoms with Crippen molar-refractivity contribution >= 4 is 22.9 Å². The Bertz CT molecular complexity index is 683. The van der Waals surface area contributed by atoms with Crippen molar-refractivity contribution in [3.05, 3.63) is 47.3 Å². The Morgan fingerprint density at radius 3 is 2.57 bits per heavy atom. The van der Waals surface area contributed by atoms with Crippen LogP contribution in [0.2, 0.25) is 0 Å². The van der Waals surface area contributed by atoms with E-state index in [1.54, 1.807) is 0 Å². The van der Waals surface area contributed by atoms with Gasteiger partial charge in [0.25, 0.3) is 0 Å². The van der Waals surface area contributed by atoms with Crippen LogP contribution in [0, 0.1) is 13.8 Å². The molecule has 0 radical (unpaired) electrons. The Kier molecular flexibility index (Phi) is 4.43. The molecule has 0 amide bonds. The van der Waals surface area contributed by atoms with Gasteiger partial charge in [0.05, 0.1) is 11.3 Å². The summed E-state index contributed by atoms with van der Waals surface area (Å²) in [5, 5.41) is 0. The first-order valence-electron chi connectivity index (χ1n) is 6.62. The van der Waals surface area contributed by atoms with Gasteiger partial charge in [0.2, 0.25) is 0 Å². The second-order valence-corrected chi connectivity index (χ2v) is 5.52. The fourth-order valence-corrected chi connectivity index (χ4v) is 2.37. The highest BCUT2D eigenvalue weighted by Gasteiger charge is 2.13. The van der Waals surface area contributed by atoms with Crippen molar-refractivity contribution in [2.75, 3.05) is 19.0 Å². The van der Waals surface area contributed by atoms with Gasteiger partial charge in [-0.1, -0.05) is 18.3 Å². The molecule has 2 aromatic rings. The number of aromatic nitrogens is 1. The molecule has 2 N–H and O–H groups in total. The molecule has 4 nitrogen and oxygen atoms in total. The van der Waals surface area contributed by atoms with Crippen molar-refractivity contribution in [3.8, 4) is 11.5 Å². The Hall–Kier alpha value is -2.14. The monoisotopic (exact) mass is 301 g/mol. The van der Waals surface area contributed by atoms with Gasteiger partial charge in [0.1, 0.15) is 16.5 Å². The molecule has 1 aromatic heterocycles. The number of hydrogen-bond donors (Lipinski definition) is 1. The van der Waals surface area contributed by atoms with Crippen LogP contribution < -0.4 is 15.4 Å². The van der Waals surface area contributed by atoms with Crippen LogP contribution in [0.3, 0.4) is 0 Å². The largest absolute Gasteiger partial charge is 0.456 e. The minimum Gasteiger partial charge on any atom is -0.456 e. The van der Waals surface area contributed by atoms with E-state index in [9.17, 15) is 0 Å². The zero-order valence-electron chi connectivity index (χ0n) is 12.7. The number of thiocarbonyl (C=S) groups is 1. The maximum atomic E-state index is 5.99. The minimum atomic E-state index is 0.291. The van der Waals surface area contributed by atoms with E-state index >= 15 is 0 Å². The van der Waals surface area contributed by atoms with Crippen LogP contribution in [0.4, 0.5) is 5.69 Å². The van der Waals surface area contributed by atoms with Crippen molar-refractivity contribution < 1.29 is 4.74 Å². The summed E-state index contributed by atoms with van der Waals surface area (Å²) in [6.07, 6.45) is 0. The molecular weight excluding hydrogens is 282 g/mol. The number of hydrogen-bond acceptors (Lipinski definition) is 4. The molecule has 0 aliphatic rings. The number of ether oxygens (including phenoxy) is 1. The van der Waals surface area contributed by atoms with Gasteiger partial charge in [-0.05, 0) is 26.0 Å². The number of nitrogens with two attached hydrogens (primary N) is 1. The van der Waals surface area contributed by atoms with Gasteiger partial charge in [-0.15, -0.1) is 0 Å². The van der Waals surface area contributed by atoms with Crippen LogP contribution in [0.5, 0.6) is 11.5 Å². The number of nitrogens with zero attached hydrogens (tertiary/aromatic N) is 2. The first-order valence-corrected chi connectivity index (χ1v) is 7.02. The number of aryl methyl sites for hydroxylation is 2. The Morgan fingerprint density at radius 2 is 1.95 bits per heavy atom. The molecule has 0 saturated carbocycles. The third-order valence-electron chi connectivity index (χ3n) is 3.10. The molecule has 1 heterocycles. The Morgan fingerprint density at radius 1 is 1.24 bits per heavy atom. The van der Waals surface area contributed by atoms with Gasteiger partial charge < -0.3 is 15.4 Å². The molecule has 0 saturated heterocycles. The summed E-state index contributed by atoms with van der Waals surface area (Å²) < 4.78 is 5.99. The average molecular weight is 301 g/mol. The van der Waals surface area contributed by atoms with E-state index in [1.165, 1.54) is 0 Å². The van der Waals surface area contributed by atoms with Crippen molar-refractivity contribution in [2.24, 2.45) is 5.73 Å². The van der Waals surface area contributed by atoms with E-state index in [-0.39, 0.29) is 0 Å². The lowest BCUT2D eigenvalue weighted by Crippen LogP contribution is -2.14. The van der Waals surface area contributed by atoms with Gasteiger partial charge in [-0.3, -0.25) is 4.98 Å². The molecule has 0 aliphatic heterocycles. The molecule has 0 unspecified atom stereocenters. The number of pyridine rings is 1. The summed E-state index contributed by atoms with van der Waals surface area (Å²) in [5.41, 5.74) is 9.19. The van der Waals surface area contributed by atoms with E-state index in [0.29, 0.717) is 16.3 Å². The lowest BCUT2D eigenvalue weighted by molar-refractivity contribution is 0.480. The van der Waals surface area contributed by atoms with Gasteiger partial charge in [-0.2, -0.15) is 0 Å². The highest BCUT2D eigenvalue weighted by atomic mass is 32.1. The summed E-state index contributed by atoms with van der Waals surface area (Å²) in [6, 6.07) is 9.69. The molecule has 5 heteroatoms. The number of anilines is 1. The Balaban J connectivity index is 2.44. The predicted octanol–water partition coefficient (Wildman–Crippen LogP) is 3.19. The molecule has 0 spiro atoms. The van der Waals surface area contributed by atoms with Crippen molar-refractivity contribution in [2.45, 2.75) is 13.8 Å². The highest BCUT2D eigenvalue weighted by Crippen LogP contribution is 2.29. The van der Waals surface area contributed by atoms with Crippen LogP contribution in [-0.4, -0.2) is 24.1 Å². The van der Waals surface area contributed by atoms with Gasteiger partial charge in [0, 0.05) is 37.6 Å².